The predicted molar refractivity (Wildman–Crippen MR) is 86.6 cm³/mol. The number of aryl methyl sites for hydroxylation is 2. The average Bonchev–Trinajstić information content (AvgIpc) is 3.22. The number of carbonyl (C=O) groups excluding carboxylic acids is 1. The lowest BCUT2D eigenvalue weighted by Crippen LogP contribution is -2.37. The van der Waals surface area contributed by atoms with Crippen molar-refractivity contribution in [2.75, 3.05) is 0 Å². The first-order chi connectivity index (χ1) is 10.5. The molecule has 3 atom stereocenters. The van der Waals surface area contributed by atoms with Gasteiger partial charge >= 0.3 is 0 Å². The summed E-state index contributed by atoms with van der Waals surface area (Å²) in [6.45, 7) is 6.78. The van der Waals surface area contributed by atoms with Crippen LogP contribution in [0.5, 0.6) is 0 Å². The molecule has 4 heteroatoms. The van der Waals surface area contributed by atoms with Crippen molar-refractivity contribution < 1.29 is 4.79 Å². The van der Waals surface area contributed by atoms with Crippen molar-refractivity contribution in [1.29, 1.82) is 0 Å². The summed E-state index contributed by atoms with van der Waals surface area (Å²) in [5, 5.41) is 7.57. The highest BCUT2D eigenvalue weighted by molar-refractivity contribution is 5.83. The number of hydrogen-bond acceptors (Lipinski definition) is 2. The molecule has 1 heterocycles. The van der Waals surface area contributed by atoms with Gasteiger partial charge in [-0.1, -0.05) is 30.3 Å². The van der Waals surface area contributed by atoms with Gasteiger partial charge in [0.15, 0.2) is 0 Å². The Morgan fingerprint density at radius 1 is 1.36 bits per heavy atom. The lowest BCUT2D eigenvalue weighted by molar-refractivity contribution is -0.123. The van der Waals surface area contributed by atoms with Crippen molar-refractivity contribution in [2.24, 2.45) is 5.92 Å². The molecule has 2 aromatic rings. The van der Waals surface area contributed by atoms with Crippen LogP contribution in [0.2, 0.25) is 0 Å². The molecule has 1 saturated carbocycles. The van der Waals surface area contributed by atoms with Gasteiger partial charge in [0.2, 0.25) is 5.91 Å². The fraction of sp³-hybridized carbons (Fsp3) is 0.444. The monoisotopic (exact) mass is 297 g/mol. The fourth-order valence-corrected chi connectivity index (χ4v) is 3.07. The summed E-state index contributed by atoms with van der Waals surface area (Å²) in [5.41, 5.74) is 3.42. The molecule has 0 saturated heterocycles. The van der Waals surface area contributed by atoms with Gasteiger partial charge in [0.25, 0.3) is 0 Å². The van der Waals surface area contributed by atoms with Crippen LogP contribution in [-0.2, 0) is 11.3 Å². The predicted octanol–water partition coefficient (Wildman–Crippen LogP) is 2.81. The van der Waals surface area contributed by atoms with Gasteiger partial charge in [-0.15, -0.1) is 0 Å². The molecule has 0 spiro atoms. The van der Waals surface area contributed by atoms with E-state index in [0.29, 0.717) is 12.5 Å². The normalized spacial score (nSPS) is 21.4. The highest BCUT2D eigenvalue weighted by atomic mass is 16.2. The molecular weight excluding hydrogens is 274 g/mol. The van der Waals surface area contributed by atoms with Gasteiger partial charge in [0, 0.05) is 17.7 Å². The molecule has 0 bridgehead atoms. The highest BCUT2D eigenvalue weighted by Crippen LogP contribution is 2.47. The van der Waals surface area contributed by atoms with Crippen molar-refractivity contribution in [1.82, 2.24) is 15.1 Å². The number of benzene rings is 1. The van der Waals surface area contributed by atoms with Crippen molar-refractivity contribution in [2.45, 2.75) is 45.7 Å². The van der Waals surface area contributed by atoms with E-state index in [1.165, 1.54) is 5.56 Å². The van der Waals surface area contributed by atoms with E-state index < -0.39 is 0 Å². The first-order valence-corrected chi connectivity index (χ1v) is 7.91. The fourth-order valence-electron chi connectivity index (χ4n) is 3.07. The molecule has 1 amide bonds. The summed E-state index contributed by atoms with van der Waals surface area (Å²) in [6.07, 6.45) is 0.961. The standard InChI is InChI=1S/C18H23N3O/c1-12-9-14(3)21(20-12)11-13(2)19-18(22)17-10-16(17)15-7-5-4-6-8-15/h4-9,13,16-17H,10-11H2,1-3H3,(H,19,22)/t13-,16+,17-/m0/s1. The Morgan fingerprint density at radius 3 is 2.73 bits per heavy atom. The molecule has 0 unspecified atom stereocenters. The molecular formula is C18H23N3O. The van der Waals surface area contributed by atoms with Crippen LogP contribution in [0.4, 0.5) is 0 Å². The number of nitrogens with one attached hydrogen (secondary N) is 1. The first kappa shape index (κ1) is 14.8. The Kier molecular flexibility index (Phi) is 4.01. The summed E-state index contributed by atoms with van der Waals surface area (Å²) < 4.78 is 1.96. The summed E-state index contributed by atoms with van der Waals surface area (Å²) in [5.74, 6) is 0.690. The van der Waals surface area contributed by atoms with Crippen LogP contribution in [0.15, 0.2) is 36.4 Å². The van der Waals surface area contributed by atoms with E-state index in [4.69, 9.17) is 0 Å². The largest absolute Gasteiger partial charge is 0.352 e. The molecule has 0 radical (unpaired) electrons. The van der Waals surface area contributed by atoms with E-state index in [0.717, 1.165) is 17.8 Å². The maximum Gasteiger partial charge on any atom is 0.224 e. The number of amides is 1. The third-order valence-corrected chi connectivity index (χ3v) is 4.29. The number of nitrogens with zero attached hydrogens (tertiary/aromatic N) is 2. The third-order valence-electron chi connectivity index (χ3n) is 4.29. The Labute approximate surface area is 131 Å². The van der Waals surface area contributed by atoms with Gasteiger partial charge < -0.3 is 5.32 Å². The van der Waals surface area contributed by atoms with Crippen molar-refractivity contribution in [3.63, 3.8) is 0 Å². The van der Waals surface area contributed by atoms with Gasteiger partial charge in [0.1, 0.15) is 0 Å². The van der Waals surface area contributed by atoms with Crippen LogP contribution in [0, 0.1) is 19.8 Å². The molecule has 22 heavy (non-hydrogen) atoms. The van der Waals surface area contributed by atoms with E-state index >= 15 is 0 Å². The average molecular weight is 297 g/mol. The summed E-state index contributed by atoms with van der Waals surface area (Å²) in [7, 11) is 0. The minimum atomic E-state index is 0.0857. The van der Waals surface area contributed by atoms with Crippen LogP contribution in [0.25, 0.3) is 0 Å². The van der Waals surface area contributed by atoms with E-state index in [1.807, 2.05) is 43.7 Å². The molecule has 3 rings (SSSR count). The highest BCUT2D eigenvalue weighted by Gasteiger charge is 2.44. The number of rotatable bonds is 5. The quantitative estimate of drug-likeness (QED) is 0.922. The Bertz CT molecular complexity index is 662. The SMILES string of the molecule is Cc1cc(C)n(C[C@H](C)NC(=O)[C@H]2C[C@@H]2c2ccccc2)n1. The lowest BCUT2D eigenvalue weighted by Gasteiger charge is -2.15. The topological polar surface area (TPSA) is 46.9 Å². The number of hydrogen-bond donors (Lipinski definition) is 1. The van der Waals surface area contributed by atoms with Crippen LogP contribution in [0.3, 0.4) is 0 Å². The van der Waals surface area contributed by atoms with Crippen molar-refractivity contribution in [3.8, 4) is 0 Å². The van der Waals surface area contributed by atoms with Gasteiger partial charge in [-0.2, -0.15) is 5.10 Å². The second-order valence-corrected chi connectivity index (χ2v) is 6.38. The molecule has 0 aliphatic heterocycles. The zero-order chi connectivity index (χ0) is 15.7. The molecule has 1 aromatic heterocycles. The second kappa shape index (κ2) is 5.95. The van der Waals surface area contributed by atoms with Gasteiger partial charge in [-0.05, 0) is 44.7 Å². The van der Waals surface area contributed by atoms with E-state index in [-0.39, 0.29) is 17.9 Å². The van der Waals surface area contributed by atoms with Crippen LogP contribution < -0.4 is 5.32 Å². The van der Waals surface area contributed by atoms with Crippen LogP contribution >= 0.6 is 0 Å². The first-order valence-electron chi connectivity index (χ1n) is 7.91. The second-order valence-electron chi connectivity index (χ2n) is 6.38. The molecule has 1 N–H and O–H groups in total. The van der Waals surface area contributed by atoms with E-state index in [1.54, 1.807) is 0 Å². The maximum absolute atomic E-state index is 12.3. The molecule has 1 fully saturated rings. The molecule has 4 nitrogen and oxygen atoms in total. The minimum Gasteiger partial charge on any atom is -0.352 e. The molecule has 1 aliphatic rings. The Morgan fingerprint density at radius 2 is 2.09 bits per heavy atom. The molecule has 1 aromatic carbocycles. The summed E-state index contributed by atoms with van der Waals surface area (Å²) in [4.78, 5) is 12.3. The van der Waals surface area contributed by atoms with E-state index in [2.05, 4.69) is 28.6 Å². The third kappa shape index (κ3) is 3.21. The Hall–Kier alpha value is -2.10. The van der Waals surface area contributed by atoms with Crippen molar-refractivity contribution in [3.05, 3.63) is 53.3 Å². The summed E-state index contributed by atoms with van der Waals surface area (Å²) >= 11 is 0. The van der Waals surface area contributed by atoms with Gasteiger partial charge in [-0.25, -0.2) is 0 Å². The molecule has 1 aliphatic carbocycles. The van der Waals surface area contributed by atoms with E-state index in [9.17, 15) is 4.79 Å². The number of carbonyl (C=O) groups is 1. The van der Waals surface area contributed by atoms with Gasteiger partial charge in [-0.3, -0.25) is 9.48 Å². The van der Waals surface area contributed by atoms with Gasteiger partial charge in [0.05, 0.1) is 12.2 Å². The van der Waals surface area contributed by atoms with Crippen LogP contribution in [0.1, 0.15) is 36.2 Å². The smallest absolute Gasteiger partial charge is 0.224 e. The zero-order valence-corrected chi connectivity index (χ0v) is 13.4. The lowest BCUT2D eigenvalue weighted by atomic mass is 10.1. The summed E-state index contributed by atoms with van der Waals surface area (Å²) in [6, 6.07) is 12.4. The number of aromatic nitrogens is 2. The van der Waals surface area contributed by atoms with Crippen molar-refractivity contribution >= 4 is 5.91 Å². The minimum absolute atomic E-state index is 0.0857. The Balaban J connectivity index is 1.53. The maximum atomic E-state index is 12.3. The zero-order valence-electron chi connectivity index (χ0n) is 13.4. The molecule has 116 valence electrons. The van der Waals surface area contributed by atoms with Crippen LogP contribution in [-0.4, -0.2) is 21.7 Å².